The van der Waals surface area contributed by atoms with Crippen LogP contribution in [0, 0.1) is 11.8 Å². The fourth-order valence-corrected chi connectivity index (χ4v) is 6.48. The summed E-state index contributed by atoms with van der Waals surface area (Å²) in [6.07, 6.45) is 6.89. The van der Waals surface area contributed by atoms with Crippen LogP contribution in [0.5, 0.6) is 0 Å². The Morgan fingerprint density at radius 3 is 3.00 bits per heavy atom. The number of nitrogens with zero attached hydrogens (tertiary/aromatic N) is 1. The number of benzene rings is 1. The lowest BCUT2D eigenvalue weighted by molar-refractivity contribution is -0.0920. The van der Waals surface area contributed by atoms with Crippen molar-refractivity contribution in [2.75, 3.05) is 13.1 Å². The molecule has 7 rings (SSSR count). The number of fused-ring (bicyclic) bond motifs is 4. The molecule has 0 amide bonds. The Morgan fingerprint density at radius 2 is 2.00 bits per heavy atom. The third kappa shape index (κ3) is 1.62. The van der Waals surface area contributed by atoms with E-state index in [0.29, 0.717) is 6.04 Å². The van der Waals surface area contributed by atoms with Crippen LogP contribution in [0.3, 0.4) is 0 Å². The SMILES string of the molecule is c1ccc2c3c([nH]c2c1)[C@H]1C2CCC([C@H]4CCCN[C@@H]24)N1CC3. The lowest BCUT2D eigenvalue weighted by Crippen LogP contribution is -2.67. The second kappa shape index (κ2) is 4.61. The fraction of sp³-hybridized carbons (Fsp3) is 0.600. The van der Waals surface area contributed by atoms with Crippen LogP contribution in [-0.2, 0) is 6.42 Å². The maximum absolute atomic E-state index is 3.91. The molecule has 0 radical (unpaired) electrons. The van der Waals surface area contributed by atoms with Crippen molar-refractivity contribution in [1.82, 2.24) is 15.2 Å². The molecule has 23 heavy (non-hydrogen) atoms. The molecule has 4 fully saturated rings. The lowest BCUT2D eigenvalue weighted by atomic mass is 9.61. The maximum Gasteiger partial charge on any atom is 0.0547 e. The van der Waals surface area contributed by atoms with Crippen LogP contribution in [0.1, 0.15) is 43.0 Å². The van der Waals surface area contributed by atoms with Crippen molar-refractivity contribution in [3.8, 4) is 0 Å². The van der Waals surface area contributed by atoms with Crippen LogP contribution >= 0.6 is 0 Å². The Morgan fingerprint density at radius 1 is 1.04 bits per heavy atom. The van der Waals surface area contributed by atoms with Crippen LogP contribution in [0.25, 0.3) is 10.9 Å². The Labute approximate surface area is 137 Å². The number of H-pyrrole nitrogens is 1. The molecule has 5 atom stereocenters. The number of nitrogens with one attached hydrogen (secondary N) is 2. The first-order valence-corrected chi connectivity index (χ1v) is 9.50. The number of rotatable bonds is 0. The van der Waals surface area contributed by atoms with E-state index in [1.54, 1.807) is 11.3 Å². The van der Waals surface area contributed by atoms with Gasteiger partial charge in [-0.2, -0.15) is 0 Å². The fourth-order valence-electron chi connectivity index (χ4n) is 6.48. The average molecular weight is 307 g/mol. The lowest BCUT2D eigenvalue weighted by Gasteiger charge is -2.61. The number of para-hydroxylation sites is 1. The quantitative estimate of drug-likeness (QED) is 0.783. The van der Waals surface area contributed by atoms with Crippen LogP contribution in [0.4, 0.5) is 0 Å². The van der Waals surface area contributed by atoms with E-state index in [-0.39, 0.29) is 0 Å². The van der Waals surface area contributed by atoms with E-state index < -0.39 is 0 Å². The molecule has 1 aromatic heterocycles. The Hall–Kier alpha value is -1.32. The topological polar surface area (TPSA) is 31.1 Å². The summed E-state index contributed by atoms with van der Waals surface area (Å²) in [6.45, 7) is 2.50. The van der Waals surface area contributed by atoms with E-state index in [9.17, 15) is 0 Å². The third-order valence-corrected chi connectivity index (χ3v) is 7.26. The highest BCUT2D eigenvalue weighted by molar-refractivity contribution is 5.85. The van der Waals surface area contributed by atoms with Gasteiger partial charge >= 0.3 is 0 Å². The molecule has 2 N–H and O–H groups in total. The van der Waals surface area contributed by atoms with E-state index in [1.807, 2.05) is 0 Å². The van der Waals surface area contributed by atoms with E-state index in [2.05, 4.69) is 39.5 Å². The minimum atomic E-state index is 0.636. The first-order chi connectivity index (χ1) is 11.4. The van der Waals surface area contributed by atoms with Crippen molar-refractivity contribution in [2.45, 2.75) is 50.2 Å². The van der Waals surface area contributed by atoms with Crippen LogP contribution in [0.2, 0.25) is 0 Å². The monoisotopic (exact) mass is 307 g/mol. The summed E-state index contributed by atoms with van der Waals surface area (Å²) in [7, 11) is 0. The van der Waals surface area contributed by atoms with Gasteiger partial charge in [-0.15, -0.1) is 0 Å². The molecule has 1 aromatic carbocycles. The average Bonchev–Trinajstić information content (AvgIpc) is 3.01. The zero-order chi connectivity index (χ0) is 15.0. The molecular weight excluding hydrogens is 282 g/mol. The predicted molar refractivity (Wildman–Crippen MR) is 92.5 cm³/mol. The van der Waals surface area contributed by atoms with Crippen molar-refractivity contribution >= 4 is 10.9 Å². The van der Waals surface area contributed by atoms with Gasteiger partial charge in [0.25, 0.3) is 0 Å². The molecular formula is C20H25N3. The number of hydrogen-bond donors (Lipinski definition) is 2. The van der Waals surface area contributed by atoms with Gasteiger partial charge in [0.1, 0.15) is 0 Å². The summed E-state index contributed by atoms with van der Waals surface area (Å²) in [5, 5.41) is 5.38. The number of piperidine rings is 3. The molecule has 2 unspecified atom stereocenters. The van der Waals surface area contributed by atoms with E-state index in [1.165, 1.54) is 56.1 Å². The number of aromatic nitrogens is 1. The standard InChI is InChI=1S/C20H25N3/c1-2-6-16-12(4-1)13-9-11-23-17-8-7-15(20(23)19(13)22-16)18-14(17)5-3-10-21-18/h1-2,4,6,14-15,17-18,20-22H,3,5,7-11H2/t14-,15?,17?,18-,20-/m1/s1. The highest BCUT2D eigenvalue weighted by atomic mass is 15.3. The summed E-state index contributed by atoms with van der Waals surface area (Å²) in [4.78, 5) is 6.72. The van der Waals surface area contributed by atoms with Gasteiger partial charge in [-0.1, -0.05) is 18.2 Å². The molecule has 3 saturated heterocycles. The van der Waals surface area contributed by atoms with Gasteiger partial charge in [-0.05, 0) is 62.1 Å². The highest BCUT2D eigenvalue weighted by Gasteiger charge is 2.55. The normalized spacial score (nSPS) is 39.0. The van der Waals surface area contributed by atoms with E-state index in [4.69, 9.17) is 0 Å². The van der Waals surface area contributed by atoms with Crippen LogP contribution in [-0.4, -0.2) is 35.1 Å². The van der Waals surface area contributed by atoms with Gasteiger partial charge < -0.3 is 10.3 Å². The molecule has 120 valence electrons. The minimum absolute atomic E-state index is 0.636. The first kappa shape index (κ1) is 13.0. The predicted octanol–water partition coefficient (Wildman–Crippen LogP) is 3.23. The van der Waals surface area contributed by atoms with Crippen LogP contribution in [0.15, 0.2) is 24.3 Å². The van der Waals surface area contributed by atoms with Gasteiger partial charge in [-0.25, -0.2) is 0 Å². The van der Waals surface area contributed by atoms with E-state index >= 15 is 0 Å². The molecule has 5 aliphatic rings. The summed E-state index contributed by atoms with van der Waals surface area (Å²) in [6, 6.07) is 11.1. The second-order valence-electron chi connectivity index (χ2n) is 8.09. The number of aromatic amines is 1. The third-order valence-electron chi connectivity index (χ3n) is 7.26. The summed E-state index contributed by atoms with van der Waals surface area (Å²) in [5.74, 6) is 1.71. The Bertz CT molecular complexity index is 763. The van der Waals surface area contributed by atoms with Gasteiger partial charge in [0.2, 0.25) is 0 Å². The van der Waals surface area contributed by atoms with Gasteiger partial charge in [0, 0.05) is 35.2 Å². The second-order valence-corrected chi connectivity index (χ2v) is 8.09. The highest BCUT2D eigenvalue weighted by Crippen LogP contribution is 2.54. The van der Waals surface area contributed by atoms with Gasteiger partial charge in [0.15, 0.2) is 0 Å². The molecule has 4 aliphatic heterocycles. The molecule has 1 aliphatic carbocycles. The summed E-state index contributed by atoms with van der Waals surface area (Å²) in [5.41, 5.74) is 4.51. The minimum Gasteiger partial charge on any atom is -0.357 e. The van der Waals surface area contributed by atoms with Crippen molar-refractivity contribution in [3.63, 3.8) is 0 Å². The Kier molecular flexibility index (Phi) is 2.61. The largest absolute Gasteiger partial charge is 0.357 e. The van der Waals surface area contributed by atoms with Crippen molar-refractivity contribution in [2.24, 2.45) is 11.8 Å². The maximum atomic E-state index is 3.91. The zero-order valence-electron chi connectivity index (χ0n) is 13.6. The van der Waals surface area contributed by atoms with E-state index in [0.717, 1.165) is 23.9 Å². The Balaban J connectivity index is 1.50. The summed E-state index contributed by atoms with van der Waals surface area (Å²) < 4.78 is 0. The molecule has 5 heterocycles. The molecule has 1 saturated carbocycles. The molecule has 3 heteroatoms. The number of hydrogen-bond acceptors (Lipinski definition) is 2. The molecule has 0 spiro atoms. The molecule has 3 nitrogen and oxygen atoms in total. The first-order valence-electron chi connectivity index (χ1n) is 9.50. The summed E-state index contributed by atoms with van der Waals surface area (Å²) >= 11 is 0. The van der Waals surface area contributed by atoms with Crippen molar-refractivity contribution in [3.05, 3.63) is 35.5 Å². The van der Waals surface area contributed by atoms with Crippen LogP contribution < -0.4 is 5.32 Å². The van der Waals surface area contributed by atoms with Crippen molar-refractivity contribution in [1.29, 1.82) is 0 Å². The zero-order valence-corrected chi connectivity index (χ0v) is 13.6. The smallest absolute Gasteiger partial charge is 0.0547 e. The van der Waals surface area contributed by atoms with Crippen molar-refractivity contribution < 1.29 is 0 Å². The van der Waals surface area contributed by atoms with Gasteiger partial charge in [-0.3, -0.25) is 4.90 Å². The van der Waals surface area contributed by atoms with Gasteiger partial charge in [0.05, 0.1) is 6.04 Å². The molecule has 2 bridgehead atoms. The molecule has 2 aromatic rings.